The highest BCUT2D eigenvalue weighted by Gasteiger charge is 2.19. The van der Waals surface area contributed by atoms with Gasteiger partial charge in [0, 0.05) is 29.8 Å². The van der Waals surface area contributed by atoms with E-state index >= 15 is 0 Å². The van der Waals surface area contributed by atoms with Gasteiger partial charge >= 0.3 is 0 Å². The Morgan fingerprint density at radius 1 is 1.03 bits per heavy atom. The molecule has 0 bridgehead atoms. The van der Waals surface area contributed by atoms with Crippen molar-refractivity contribution in [3.8, 4) is 11.5 Å². The van der Waals surface area contributed by atoms with Crippen LogP contribution in [0.2, 0.25) is 0 Å². The molecule has 0 atom stereocenters. The first-order valence-electron chi connectivity index (χ1n) is 10.4. The predicted molar refractivity (Wildman–Crippen MR) is 123 cm³/mol. The summed E-state index contributed by atoms with van der Waals surface area (Å²) in [4.78, 5) is 29.1. The Kier molecular flexibility index (Phi) is 5.85. The van der Waals surface area contributed by atoms with Crippen LogP contribution in [0.5, 0.6) is 11.5 Å². The zero-order chi connectivity index (χ0) is 22.8. The van der Waals surface area contributed by atoms with Crippen molar-refractivity contribution in [1.29, 1.82) is 0 Å². The van der Waals surface area contributed by atoms with Crippen LogP contribution < -0.4 is 20.3 Å². The van der Waals surface area contributed by atoms with Crippen molar-refractivity contribution in [3.63, 3.8) is 0 Å². The van der Waals surface area contributed by atoms with E-state index in [1.165, 1.54) is 17.2 Å². The summed E-state index contributed by atoms with van der Waals surface area (Å²) >= 11 is 0. The van der Waals surface area contributed by atoms with Gasteiger partial charge in [-0.3, -0.25) is 14.3 Å². The van der Waals surface area contributed by atoms with Gasteiger partial charge in [-0.15, -0.1) is 0 Å². The Balaban J connectivity index is 1.67. The summed E-state index contributed by atoms with van der Waals surface area (Å²) in [7, 11) is 3.11. The number of ether oxygens (including phenoxy) is 2. The van der Waals surface area contributed by atoms with Crippen LogP contribution in [0.3, 0.4) is 0 Å². The Labute approximate surface area is 185 Å². The number of rotatable bonds is 7. The lowest BCUT2D eigenvalue weighted by atomic mass is 10.1. The molecule has 2 aromatic heterocycles. The van der Waals surface area contributed by atoms with Crippen molar-refractivity contribution in [1.82, 2.24) is 19.5 Å². The lowest BCUT2D eigenvalue weighted by molar-refractivity contribution is -0.121. The summed E-state index contributed by atoms with van der Waals surface area (Å²) in [5.74, 6) is 0.922. The molecular weight excluding hydrogens is 408 g/mol. The molecule has 1 N–H and O–H groups in total. The maximum Gasteiger partial charge on any atom is 0.273 e. The minimum Gasteiger partial charge on any atom is -0.493 e. The van der Waals surface area contributed by atoms with Crippen LogP contribution in [-0.2, 0) is 17.8 Å². The quantitative estimate of drug-likeness (QED) is 0.483. The Hall–Kier alpha value is -3.81. The summed E-state index contributed by atoms with van der Waals surface area (Å²) in [6, 6.07) is 13.3. The van der Waals surface area contributed by atoms with Gasteiger partial charge in [0.2, 0.25) is 5.91 Å². The van der Waals surface area contributed by atoms with Crippen LogP contribution in [0.1, 0.15) is 16.8 Å². The zero-order valence-electron chi connectivity index (χ0n) is 18.6. The molecule has 0 spiro atoms. The predicted octanol–water partition coefficient (Wildman–Crippen LogP) is 2.64. The zero-order valence-corrected chi connectivity index (χ0v) is 18.6. The lowest BCUT2D eigenvalue weighted by Gasteiger charge is -2.12. The number of carbonyl (C=O) groups is 1. The van der Waals surface area contributed by atoms with Crippen LogP contribution in [-0.4, -0.2) is 40.9 Å². The van der Waals surface area contributed by atoms with E-state index in [1.54, 1.807) is 35.5 Å². The van der Waals surface area contributed by atoms with Gasteiger partial charge in [0.15, 0.2) is 17.1 Å². The molecule has 1 amide bonds. The van der Waals surface area contributed by atoms with Crippen molar-refractivity contribution in [3.05, 3.63) is 69.6 Å². The molecule has 4 rings (SSSR count). The number of aromatic nitrogens is 3. The second-order valence-electron chi connectivity index (χ2n) is 7.74. The third-order valence-corrected chi connectivity index (χ3v) is 5.50. The Bertz CT molecular complexity index is 1350. The molecular formula is C24H26N4O4. The van der Waals surface area contributed by atoms with Crippen molar-refractivity contribution in [2.45, 2.75) is 26.8 Å². The van der Waals surface area contributed by atoms with E-state index in [-0.39, 0.29) is 18.0 Å². The largest absolute Gasteiger partial charge is 0.493 e. The number of amides is 1. The second kappa shape index (κ2) is 8.74. The van der Waals surface area contributed by atoms with Gasteiger partial charge in [-0.05, 0) is 31.9 Å². The van der Waals surface area contributed by atoms with E-state index in [0.717, 1.165) is 11.9 Å². The van der Waals surface area contributed by atoms with E-state index in [1.807, 2.05) is 13.8 Å². The third-order valence-electron chi connectivity index (χ3n) is 5.50. The number of hydrogen-bond donors (Lipinski definition) is 1. The van der Waals surface area contributed by atoms with E-state index in [0.29, 0.717) is 34.8 Å². The fourth-order valence-electron chi connectivity index (χ4n) is 3.89. The van der Waals surface area contributed by atoms with Crippen molar-refractivity contribution >= 4 is 22.5 Å². The van der Waals surface area contributed by atoms with Gasteiger partial charge in [-0.25, -0.2) is 4.52 Å². The summed E-state index contributed by atoms with van der Waals surface area (Å²) in [6.45, 7) is 4.46. The fourth-order valence-corrected chi connectivity index (χ4v) is 3.89. The fraction of sp³-hybridized carbons (Fsp3) is 0.292. The average molecular weight is 434 g/mol. The van der Waals surface area contributed by atoms with E-state index in [9.17, 15) is 9.59 Å². The molecule has 0 aliphatic rings. The summed E-state index contributed by atoms with van der Waals surface area (Å²) in [5.41, 5.74) is 3.91. The van der Waals surface area contributed by atoms with Crippen molar-refractivity contribution in [2.24, 2.45) is 0 Å². The van der Waals surface area contributed by atoms with Gasteiger partial charge in [-0.1, -0.05) is 29.8 Å². The van der Waals surface area contributed by atoms with E-state index < -0.39 is 0 Å². The van der Waals surface area contributed by atoms with Crippen LogP contribution in [0.15, 0.2) is 47.3 Å². The summed E-state index contributed by atoms with van der Waals surface area (Å²) in [5, 5.41) is 3.69. The molecule has 0 radical (unpaired) electrons. The minimum absolute atomic E-state index is 0.0643. The highest BCUT2D eigenvalue weighted by atomic mass is 16.5. The molecule has 0 aliphatic heterocycles. The smallest absolute Gasteiger partial charge is 0.273 e. The van der Waals surface area contributed by atoms with Gasteiger partial charge in [0.05, 0.1) is 19.7 Å². The number of fused-ring (bicyclic) bond motifs is 3. The highest BCUT2D eigenvalue weighted by Crippen LogP contribution is 2.34. The number of aryl methyl sites for hydroxylation is 2. The lowest BCUT2D eigenvalue weighted by Crippen LogP contribution is -2.31. The number of hydrogen-bond acceptors (Lipinski definition) is 5. The van der Waals surface area contributed by atoms with Gasteiger partial charge in [-0.2, -0.15) is 4.98 Å². The average Bonchev–Trinajstić information content (AvgIpc) is 3.06. The number of carbonyl (C=O) groups excluding carboxylic acids is 1. The monoisotopic (exact) mass is 434 g/mol. The first-order chi connectivity index (χ1) is 15.4. The van der Waals surface area contributed by atoms with Crippen molar-refractivity contribution < 1.29 is 14.3 Å². The van der Waals surface area contributed by atoms with E-state index in [4.69, 9.17) is 9.47 Å². The maximum absolute atomic E-state index is 12.8. The van der Waals surface area contributed by atoms with Crippen LogP contribution in [0.4, 0.5) is 0 Å². The minimum atomic E-state index is -0.334. The molecule has 0 aliphatic carbocycles. The normalized spacial score (nSPS) is 11.1. The molecule has 8 nitrogen and oxygen atoms in total. The molecule has 4 aromatic rings. The SMILES string of the molecule is COc1cc2c(cc1OC)n(CC(=O)NCCc1ccc(C)cc1)n1c(C)cc(=O)nc21. The first-order valence-corrected chi connectivity index (χ1v) is 10.4. The second-order valence-corrected chi connectivity index (χ2v) is 7.74. The molecule has 2 heterocycles. The molecule has 166 valence electrons. The standard InChI is InChI=1S/C24H26N4O4/c1-15-5-7-17(8-6-15)9-10-25-23(30)14-27-19-13-21(32-4)20(31-3)12-18(19)24-26-22(29)11-16(2)28(24)27/h5-8,11-13H,9-10,14H2,1-4H3,(H,25,30). The maximum atomic E-state index is 12.8. The molecule has 0 saturated heterocycles. The van der Waals surface area contributed by atoms with Crippen LogP contribution in [0.25, 0.3) is 16.6 Å². The third kappa shape index (κ3) is 4.03. The molecule has 32 heavy (non-hydrogen) atoms. The number of methoxy groups -OCH3 is 2. The molecule has 0 fully saturated rings. The van der Waals surface area contributed by atoms with E-state index in [2.05, 4.69) is 34.6 Å². The van der Waals surface area contributed by atoms with Gasteiger partial charge < -0.3 is 14.8 Å². The number of nitrogens with zero attached hydrogens (tertiary/aromatic N) is 3. The topological polar surface area (TPSA) is 86.9 Å². The number of benzene rings is 2. The first kappa shape index (κ1) is 21.4. The van der Waals surface area contributed by atoms with Gasteiger partial charge in [0.1, 0.15) is 6.54 Å². The molecule has 2 aromatic carbocycles. The van der Waals surface area contributed by atoms with Crippen LogP contribution in [0, 0.1) is 13.8 Å². The summed E-state index contributed by atoms with van der Waals surface area (Å²) < 4.78 is 14.4. The summed E-state index contributed by atoms with van der Waals surface area (Å²) in [6.07, 6.45) is 0.748. The molecule has 8 heteroatoms. The Morgan fingerprint density at radius 2 is 1.72 bits per heavy atom. The van der Waals surface area contributed by atoms with Crippen LogP contribution >= 0.6 is 0 Å². The van der Waals surface area contributed by atoms with Crippen molar-refractivity contribution in [2.75, 3.05) is 20.8 Å². The number of nitrogens with one attached hydrogen (secondary N) is 1. The molecule has 0 saturated carbocycles. The molecule has 0 unspecified atom stereocenters. The Morgan fingerprint density at radius 3 is 2.41 bits per heavy atom. The highest BCUT2D eigenvalue weighted by molar-refractivity contribution is 5.96. The van der Waals surface area contributed by atoms with Gasteiger partial charge in [0.25, 0.3) is 5.56 Å².